The molecule has 1 nitrogen and oxygen atoms in total. The Morgan fingerprint density at radius 2 is 2.14 bits per heavy atom. The van der Waals surface area contributed by atoms with E-state index in [0.29, 0.717) is 6.42 Å². The van der Waals surface area contributed by atoms with Crippen LogP contribution in [0, 0.1) is 0 Å². The average molecular weight is 271 g/mol. The molecule has 0 fully saturated rings. The van der Waals surface area contributed by atoms with Crippen molar-refractivity contribution in [2.45, 2.75) is 19.8 Å². The maximum Gasteiger partial charge on any atom is 0.130 e. The second-order valence-electron chi connectivity index (χ2n) is 3.19. The zero-order valence-corrected chi connectivity index (χ0v) is 10.6. The van der Waals surface area contributed by atoms with Gasteiger partial charge in [0.2, 0.25) is 0 Å². The number of hydrogen-bond acceptors (Lipinski definition) is 1. The number of rotatable bonds is 4. The van der Waals surface area contributed by atoms with Gasteiger partial charge in [0, 0.05) is 10.9 Å². The van der Waals surface area contributed by atoms with Gasteiger partial charge < -0.3 is 4.79 Å². The summed E-state index contributed by atoms with van der Waals surface area (Å²) in [6.07, 6.45) is 1.36. The molecule has 0 heterocycles. The van der Waals surface area contributed by atoms with E-state index in [9.17, 15) is 4.79 Å². The number of hydrogen-bond donors (Lipinski definition) is 0. The fourth-order valence-electron chi connectivity index (χ4n) is 1.12. The molecule has 0 atom stereocenters. The fraction of sp³-hybridized carbons (Fsp3) is 0.273. The molecule has 0 saturated heterocycles. The Hall–Kier alpha value is -0.460. The first-order valence-corrected chi connectivity index (χ1v) is 5.71. The smallest absolute Gasteiger partial charge is 0.130 e. The van der Waals surface area contributed by atoms with Gasteiger partial charge in [-0.2, -0.15) is 0 Å². The molecule has 1 aromatic rings. The maximum atomic E-state index is 10.8. The molecule has 0 spiro atoms. The van der Waals surface area contributed by atoms with Crippen LogP contribution in [-0.4, -0.2) is 11.1 Å². The molecule has 0 unspecified atom stereocenters. The monoisotopic (exact) mass is 270 g/mol. The van der Waals surface area contributed by atoms with Crippen LogP contribution in [0.25, 0.3) is 0 Å². The Morgan fingerprint density at radius 1 is 1.43 bits per heavy atom. The van der Waals surface area contributed by atoms with Crippen molar-refractivity contribution in [2.75, 3.05) is 0 Å². The van der Waals surface area contributed by atoms with Gasteiger partial charge in [0.1, 0.15) is 5.78 Å². The van der Waals surface area contributed by atoms with Crippen LogP contribution in [0.5, 0.6) is 0 Å². The minimum atomic E-state index is 0.218. The molecule has 0 saturated carbocycles. The largest absolute Gasteiger partial charge is 0.300 e. The first kappa shape index (κ1) is 11.6. The molecule has 74 valence electrons. The summed E-state index contributed by atoms with van der Waals surface area (Å²) in [5.41, 5.74) is 1.12. The average Bonchev–Trinajstić information content (AvgIpc) is 2.14. The maximum absolute atomic E-state index is 10.8. The van der Waals surface area contributed by atoms with Crippen molar-refractivity contribution < 1.29 is 4.79 Å². The molecule has 1 aromatic carbocycles. The van der Waals surface area contributed by atoms with Gasteiger partial charge in [0.15, 0.2) is 0 Å². The van der Waals surface area contributed by atoms with Gasteiger partial charge in [-0.25, -0.2) is 0 Å². The van der Waals surface area contributed by atoms with E-state index >= 15 is 0 Å². The predicted octanol–water partition coefficient (Wildman–Crippen LogP) is 3.48. The van der Waals surface area contributed by atoms with Gasteiger partial charge >= 0.3 is 0 Å². The molecule has 0 aliphatic carbocycles. The summed E-state index contributed by atoms with van der Waals surface area (Å²) in [6.45, 7) is 1.61. The number of ketones is 1. The van der Waals surface area contributed by atoms with E-state index < -0.39 is 0 Å². The van der Waals surface area contributed by atoms with E-state index in [1.54, 1.807) is 6.92 Å². The lowest BCUT2D eigenvalue weighted by Gasteiger charge is -2.03. The standard InChI is InChI=1S/C11H12BrOP/c1-8(13)5-6-11(14)9-3-2-4-10(12)7-9/h2-4,7,14H,5-6H2,1H3. The summed E-state index contributed by atoms with van der Waals surface area (Å²) >= 11 is 3.41. The molecule has 14 heavy (non-hydrogen) atoms. The number of Topliss-reactive ketones (excluding diaryl/α,β-unsaturated/α-hetero) is 1. The van der Waals surface area contributed by atoms with Crippen molar-refractivity contribution in [2.24, 2.45) is 0 Å². The van der Waals surface area contributed by atoms with Gasteiger partial charge in [0.05, 0.1) is 0 Å². The lowest BCUT2D eigenvalue weighted by molar-refractivity contribution is -0.116. The van der Waals surface area contributed by atoms with Gasteiger partial charge in [-0.3, -0.25) is 0 Å². The summed E-state index contributed by atoms with van der Waals surface area (Å²) in [5.74, 6) is 0.218. The number of carbonyl (C=O) groups is 1. The minimum Gasteiger partial charge on any atom is -0.300 e. The van der Waals surface area contributed by atoms with Crippen molar-refractivity contribution >= 4 is 35.9 Å². The fourth-order valence-corrected chi connectivity index (χ4v) is 1.80. The van der Waals surface area contributed by atoms with E-state index in [2.05, 4.69) is 24.8 Å². The van der Waals surface area contributed by atoms with Gasteiger partial charge in [-0.05, 0) is 36.3 Å². The Bertz CT molecular complexity index is 360. The summed E-state index contributed by atoms with van der Waals surface area (Å²) in [6, 6.07) is 8.01. The molecular weight excluding hydrogens is 259 g/mol. The Kier molecular flexibility index (Phi) is 4.50. The van der Waals surface area contributed by atoms with Gasteiger partial charge in [-0.15, -0.1) is 8.86 Å². The highest BCUT2D eigenvalue weighted by Gasteiger charge is 2.01. The van der Waals surface area contributed by atoms with Crippen LogP contribution in [-0.2, 0) is 4.79 Å². The molecule has 0 N–H and O–H groups in total. The molecule has 0 radical (unpaired) electrons. The van der Waals surface area contributed by atoms with Crippen molar-refractivity contribution in [3.8, 4) is 0 Å². The highest BCUT2D eigenvalue weighted by molar-refractivity contribution is 9.10. The van der Waals surface area contributed by atoms with Crippen molar-refractivity contribution in [3.05, 3.63) is 34.3 Å². The van der Waals surface area contributed by atoms with Crippen LogP contribution in [0.2, 0.25) is 0 Å². The normalized spacial score (nSPS) is 9.86. The summed E-state index contributed by atoms with van der Waals surface area (Å²) in [5, 5.41) is 1.07. The lowest BCUT2D eigenvalue weighted by Crippen LogP contribution is -2.00. The minimum absolute atomic E-state index is 0.218. The van der Waals surface area contributed by atoms with Crippen LogP contribution in [0.15, 0.2) is 28.7 Å². The zero-order chi connectivity index (χ0) is 10.6. The molecule has 0 amide bonds. The molecule has 0 aliphatic rings. The number of benzene rings is 1. The third-order valence-electron chi connectivity index (χ3n) is 1.90. The first-order valence-electron chi connectivity index (χ1n) is 4.42. The topological polar surface area (TPSA) is 17.1 Å². The second-order valence-corrected chi connectivity index (χ2v) is 4.71. The quantitative estimate of drug-likeness (QED) is 0.766. The molecular formula is C11H12BrOP. The highest BCUT2D eigenvalue weighted by Crippen LogP contribution is 2.15. The first-order chi connectivity index (χ1) is 6.59. The van der Waals surface area contributed by atoms with E-state index in [0.717, 1.165) is 21.8 Å². The summed E-state index contributed by atoms with van der Waals surface area (Å²) in [4.78, 5) is 10.8. The summed E-state index contributed by atoms with van der Waals surface area (Å²) in [7, 11) is 3.54. The Labute approximate surface area is 94.9 Å². The SMILES string of the molecule is CC(=O)CCC(=P)c1cccc(Br)c1. The second kappa shape index (κ2) is 5.43. The van der Waals surface area contributed by atoms with Crippen LogP contribution in [0.1, 0.15) is 25.3 Å². The van der Waals surface area contributed by atoms with Gasteiger partial charge in [0.25, 0.3) is 0 Å². The molecule has 1 rings (SSSR count). The van der Waals surface area contributed by atoms with E-state index in [1.165, 1.54) is 0 Å². The van der Waals surface area contributed by atoms with E-state index in [1.807, 2.05) is 24.3 Å². The predicted molar refractivity (Wildman–Crippen MR) is 66.5 cm³/mol. The molecule has 0 aliphatic heterocycles. The van der Waals surface area contributed by atoms with Crippen molar-refractivity contribution in [3.63, 3.8) is 0 Å². The van der Waals surface area contributed by atoms with Gasteiger partial charge in [-0.1, -0.05) is 28.1 Å². The van der Waals surface area contributed by atoms with E-state index in [-0.39, 0.29) is 5.78 Å². The summed E-state index contributed by atoms with van der Waals surface area (Å²) < 4.78 is 1.05. The zero-order valence-electron chi connectivity index (χ0n) is 8.01. The van der Waals surface area contributed by atoms with Crippen molar-refractivity contribution in [1.82, 2.24) is 0 Å². The lowest BCUT2D eigenvalue weighted by atomic mass is 10.1. The van der Waals surface area contributed by atoms with Crippen LogP contribution in [0.4, 0.5) is 0 Å². The van der Waals surface area contributed by atoms with Crippen LogP contribution in [0.3, 0.4) is 0 Å². The Morgan fingerprint density at radius 3 is 2.71 bits per heavy atom. The molecule has 3 heteroatoms. The van der Waals surface area contributed by atoms with Crippen LogP contribution < -0.4 is 0 Å². The Balaban J connectivity index is 2.65. The number of carbonyl (C=O) groups excluding carboxylic acids is 1. The molecule has 0 aromatic heterocycles. The van der Waals surface area contributed by atoms with Crippen LogP contribution >= 0.6 is 24.8 Å². The van der Waals surface area contributed by atoms with E-state index in [4.69, 9.17) is 0 Å². The molecule has 0 bridgehead atoms. The third-order valence-corrected chi connectivity index (χ3v) is 2.93. The third kappa shape index (κ3) is 3.73. The van der Waals surface area contributed by atoms with Crippen molar-refractivity contribution in [1.29, 1.82) is 0 Å². The number of halogens is 1. The highest BCUT2D eigenvalue weighted by atomic mass is 79.9.